The zero-order chi connectivity index (χ0) is 15.8. The van der Waals surface area contributed by atoms with Gasteiger partial charge in [0, 0.05) is 12.6 Å². The molecular formula is C15H23FN2O3. The van der Waals surface area contributed by atoms with E-state index >= 15 is 0 Å². The quantitative estimate of drug-likeness (QED) is 0.752. The van der Waals surface area contributed by atoms with E-state index in [1.165, 1.54) is 24.3 Å². The fraction of sp³-hybridized carbons (Fsp3) is 0.533. The van der Waals surface area contributed by atoms with Crippen molar-refractivity contribution in [1.29, 1.82) is 0 Å². The average molecular weight is 298 g/mol. The van der Waals surface area contributed by atoms with Crippen molar-refractivity contribution in [2.45, 2.75) is 26.0 Å². The highest BCUT2D eigenvalue weighted by molar-refractivity contribution is 5.78. The Kier molecular flexibility index (Phi) is 7.11. The van der Waals surface area contributed by atoms with Crippen molar-refractivity contribution in [2.24, 2.45) is 0 Å². The summed E-state index contributed by atoms with van der Waals surface area (Å²) in [5, 5.41) is 12.4. The summed E-state index contributed by atoms with van der Waals surface area (Å²) in [6.07, 6.45) is -0.816. The third-order valence-corrected chi connectivity index (χ3v) is 3.07. The van der Waals surface area contributed by atoms with Gasteiger partial charge in [0.2, 0.25) is 5.91 Å². The van der Waals surface area contributed by atoms with E-state index in [-0.39, 0.29) is 37.5 Å². The minimum absolute atomic E-state index is 0.0337. The Morgan fingerprint density at radius 1 is 1.38 bits per heavy atom. The van der Waals surface area contributed by atoms with Crippen molar-refractivity contribution in [1.82, 2.24) is 10.2 Å². The molecule has 1 rings (SSSR count). The lowest BCUT2D eigenvalue weighted by Crippen LogP contribution is -2.42. The minimum Gasteiger partial charge on any atom is -0.491 e. The highest BCUT2D eigenvalue weighted by atomic mass is 19.1. The molecule has 21 heavy (non-hydrogen) atoms. The van der Waals surface area contributed by atoms with E-state index in [0.717, 1.165) is 0 Å². The van der Waals surface area contributed by atoms with Crippen LogP contribution in [0.25, 0.3) is 0 Å². The summed E-state index contributed by atoms with van der Waals surface area (Å²) in [4.78, 5) is 13.5. The zero-order valence-corrected chi connectivity index (χ0v) is 12.7. The Morgan fingerprint density at radius 2 is 2.00 bits per heavy atom. The molecule has 1 aromatic carbocycles. The molecule has 0 spiro atoms. The van der Waals surface area contributed by atoms with Crippen LogP contribution in [0.15, 0.2) is 24.3 Å². The van der Waals surface area contributed by atoms with Crippen LogP contribution in [0.4, 0.5) is 4.39 Å². The van der Waals surface area contributed by atoms with E-state index in [4.69, 9.17) is 4.74 Å². The number of aliphatic hydroxyl groups is 1. The summed E-state index contributed by atoms with van der Waals surface area (Å²) in [6, 6.07) is 5.81. The van der Waals surface area contributed by atoms with Gasteiger partial charge in [-0.1, -0.05) is 0 Å². The molecule has 118 valence electrons. The van der Waals surface area contributed by atoms with Crippen molar-refractivity contribution in [3.8, 4) is 5.75 Å². The van der Waals surface area contributed by atoms with Gasteiger partial charge in [-0.25, -0.2) is 4.39 Å². The van der Waals surface area contributed by atoms with Gasteiger partial charge in [-0.05, 0) is 45.2 Å². The van der Waals surface area contributed by atoms with Gasteiger partial charge in [0.25, 0.3) is 0 Å². The summed E-state index contributed by atoms with van der Waals surface area (Å²) in [7, 11) is 1.86. The summed E-state index contributed by atoms with van der Waals surface area (Å²) < 4.78 is 18.0. The number of carbonyl (C=O) groups is 1. The number of nitrogens with zero attached hydrogens (tertiary/aromatic N) is 1. The van der Waals surface area contributed by atoms with E-state index in [1.54, 1.807) is 0 Å². The first kappa shape index (κ1) is 17.4. The first-order valence-electron chi connectivity index (χ1n) is 6.92. The van der Waals surface area contributed by atoms with Crippen LogP contribution in [0.2, 0.25) is 0 Å². The van der Waals surface area contributed by atoms with Gasteiger partial charge in [-0.2, -0.15) is 0 Å². The van der Waals surface area contributed by atoms with E-state index in [0.29, 0.717) is 5.75 Å². The molecule has 0 aliphatic heterocycles. The Hall–Kier alpha value is -1.66. The number of benzene rings is 1. The number of aliphatic hydroxyl groups excluding tert-OH is 1. The monoisotopic (exact) mass is 298 g/mol. The maximum atomic E-state index is 12.7. The molecule has 2 N–H and O–H groups in total. The van der Waals surface area contributed by atoms with Crippen molar-refractivity contribution >= 4 is 5.91 Å². The topological polar surface area (TPSA) is 61.8 Å². The fourth-order valence-electron chi connectivity index (χ4n) is 1.48. The van der Waals surface area contributed by atoms with Gasteiger partial charge in [-0.3, -0.25) is 9.69 Å². The molecule has 0 aliphatic carbocycles. The number of nitrogens with one attached hydrogen (secondary N) is 1. The Bertz CT molecular complexity index is 437. The van der Waals surface area contributed by atoms with E-state index in [9.17, 15) is 14.3 Å². The van der Waals surface area contributed by atoms with Gasteiger partial charge >= 0.3 is 0 Å². The number of carbonyl (C=O) groups excluding carboxylic acids is 1. The largest absolute Gasteiger partial charge is 0.491 e. The fourth-order valence-corrected chi connectivity index (χ4v) is 1.48. The maximum absolute atomic E-state index is 12.7. The van der Waals surface area contributed by atoms with Crippen LogP contribution < -0.4 is 10.1 Å². The lowest BCUT2D eigenvalue weighted by Gasteiger charge is -2.20. The molecule has 0 saturated heterocycles. The molecule has 1 aromatic rings. The normalized spacial score (nSPS) is 12.5. The molecular weight excluding hydrogens is 275 g/mol. The first-order chi connectivity index (χ1) is 9.88. The number of hydrogen-bond donors (Lipinski definition) is 2. The summed E-state index contributed by atoms with van der Waals surface area (Å²) >= 11 is 0. The molecule has 0 radical (unpaired) electrons. The number of halogens is 1. The van der Waals surface area contributed by atoms with Crippen LogP contribution in [0.3, 0.4) is 0 Å². The smallest absolute Gasteiger partial charge is 0.234 e. The van der Waals surface area contributed by atoms with Crippen LogP contribution in [-0.4, -0.2) is 54.8 Å². The number of ether oxygens (including phenoxy) is 1. The van der Waals surface area contributed by atoms with Crippen LogP contribution in [0, 0.1) is 5.82 Å². The lowest BCUT2D eigenvalue weighted by atomic mass is 10.3. The molecule has 0 saturated carbocycles. The highest BCUT2D eigenvalue weighted by Crippen LogP contribution is 2.11. The van der Waals surface area contributed by atoms with Crippen LogP contribution in [0.5, 0.6) is 5.75 Å². The summed E-state index contributed by atoms with van der Waals surface area (Å²) in [5.41, 5.74) is 0. The predicted molar refractivity (Wildman–Crippen MR) is 78.7 cm³/mol. The van der Waals surface area contributed by atoms with Crippen molar-refractivity contribution in [3.05, 3.63) is 30.1 Å². The standard InChI is InChI=1S/C15H23FN2O3/c1-11(2)18(3)9-15(20)17-8-13(19)10-21-14-6-4-12(16)5-7-14/h4-7,11,13,19H,8-10H2,1-3H3,(H,17,20). The van der Waals surface area contributed by atoms with E-state index < -0.39 is 6.10 Å². The number of hydrogen-bond acceptors (Lipinski definition) is 4. The molecule has 1 amide bonds. The van der Waals surface area contributed by atoms with Crippen molar-refractivity contribution in [3.63, 3.8) is 0 Å². The average Bonchev–Trinajstić information content (AvgIpc) is 2.44. The molecule has 0 bridgehead atoms. The molecule has 0 aliphatic rings. The number of rotatable bonds is 8. The SMILES string of the molecule is CC(C)N(C)CC(=O)NCC(O)COc1ccc(F)cc1. The zero-order valence-electron chi connectivity index (χ0n) is 12.7. The van der Waals surface area contributed by atoms with Crippen LogP contribution in [0.1, 0.15) is 13.8 Å². The van der Waals surface area contributed by atoms with Gasteiger partial charge < -0.3 is 15.2 Å². The third kappa shape index (κ3) is 7.06. The van der Waals surface area contributed by atoms with Gasteiger partial charge in [0.05, 0.1) is 6.54 Å². The van der Waals surface area contributed by atoms with Crippen LogP contribution >= 0.6 is 0 Å². The second-order valence-corrected chi connectivity index (χ2v) is 5.23. The highest BCUT2D eigenvalue weighted by Gasteiger charge is 2.11. The summed E-state index contributed by atoms with van der Waals surface area (Å²) in [5.74, 6) is -0.0159. The van der Waals surface area contributed by atoms with Crippen LogP contribution in [-0.2, 0) is 4.79 Å². The number of amides is 1. The molecule has 6 heteroatoms. The number of likely N-dealkylation sites (N-methyl/N-ethyl adjacent to an activating group) is 1. The van der Waals surface area contributed by atoms with Gasteiger partial charge in [-0.15, -0.1) is 0 Å². The third-order valence-electron chi connectivity index (χ3n) is 3.07. The molecule has 0 heterocycles. The first-order valence-corrected chi connectivity index (χ1v) is 6.92. The molecule has 0 aromatic heterocycles. The summed E-state index contributed by atoms with van der Waals surface area (Å²) in [6.45, 7) is 4.43. The molecule has 1 unspecified atom stereocenters. The molecule has 0 fully saturated rings. The maximum Gasteiger partial charge on any atom is 0.234 e. The van der Waals surface area contributed by atoms with Crippen molar-refractivity contribution < 1.29 is 19.0 Å². The minimum atomic E-state index is -0.816. The van der Waals surface area contributed by atoms with Gasteiger partial charge in [0.15, 0.2) is 0 Å². The van der Waals surface area contributed by atoms with E-state index in [1.807, 2.05) is 25.8 Å². The Balaban J connectivity index is 2.23. The second-order valence-electron chi connectivity index (χ2n) is 5.23. The lowest BCUT2D eigenvalue weighted by molar-refractivity contribution is -0.122. The van der Waals surface area contributed by atoms with E-state index in [2.05, 4.69) is 5.32 Å². The van der Waals surface area contributed by atoms with Gasteiger partial charge in [0.1, 0.15) is 24.3 Å². The molecule has 1 atom stereocenters. The predicted octanol–water partition coefficient (Wildman–Crippen LogP) is 1.02. The Morgan fingerprint density at radius 3 is 2.57 bits per heavy atom. The molecule has 5 nitrogen and oxygen atoms in total. The second kappa shape index (κ2) is 8.59. The van der Waals surface area contributed by atoms with Crippen molar-refractivity contribution in [2.75, 3.05) is 26.7 Å². The Labute approximate surface area is 124 Å².